The van der Waals surface area contributed by atoms with E-state index in [4.69, 9.17) is 11.5 Å². The second-order valence-electron chi connectivity index (χ2n) is 6.88. The third-order valence-corrected chi connectivity index (χ3v) is 5.27. The van der Waals surface area contributed by atoms with Crippen molar-refractivity contribution in [2.75, 3.05) is 0 Å². The molecule has 2 nitrogen and oxygen atoms in total. The summed E-state index contributed by atoms with van der Waals surface area (Å²) in [6, 6.07) is 0. The van der Waals surface area contributed by atoms with Crippen LogP contribution in [0.15, 0.2) is 0 Å². The highest BCUT2D eigenvalue weighted by Crippen LogP contribution is 2.53. The SMILES string of the molecule is NC1(N)CCC(C2CCCCC2C(F)(F)F)C(C(F)(F)F)C1. The molecule has 8 heteroatoms. The largest absolute Gasteiger partial charge is 0.392 e. The Morgan fingerprint density at radius 1 is 0.727 bits per heavy atom. The van der Waals surface area contributed by atoms with Gasteiger partial charge in [0, 0.05) is 0 Å². The molecule has 2 aliphatic carbocycles. The molecule has 0 aromatic rings. The van der Waals surface area contributed by atoms with Crippen molar-refractivity contribution in [2.24, 2.45) is 35.1 Å². The summed E-state index contributed by atoms with van der Waals surface area (Å²) in [6.45, 7) is 0. The van der Waals surface area contributed by atoms with Gasteiger partial charge in [-0.1, -0.05) is 12.8 Å². The monoisotopic (exact) mass is 332 g/mol. The number of nitrogens with two attached hydrogens (primary N) is 2. The lowest BCUT2D eigenvalue weighted by atomic mass is 9.62. The molecule has 2 rings (SSSR count). The van der Waals surface area contributed by atoms with E-state index in [1.165, 1.54) is 0 Å². The van der Waals surface area contributed by atoms with Gasteiger partial charge in [-0.15, -0.1) is 0 Å². The zero-order valence-corrected chi connectivity index (χ0v) is 12.2. The van der Waals surface area contributed by atoms with E-state index in [1.807, 2.05) is 0 Å². The minimum absolute atomic E-state index is 0.00836. The number of hydrogen-bond donors (Lipinski definition) is 2. The maximum atomic E-state index is 13.3. The Bertz CT molecular complexity index is 390. The Morgan fingerprint density at radius 2 is 1.23 bits per heavy atom. The van der Waals surface area contributed by atoms with Gasteiger partial charge in [0.15, 0.2) is 0 Å². The fraction of sp³-hybridized carbons (Fsp3) is 1.00. The molecule has 0 bridgehead atoms. The van der Waals surface area contributed by atoms with Crippen LogP contribution in [0.3, 0.4) is 0 Å². The van der Waals surface area contributed by atoms with Crippen molar-refractivity contribution in [1.82, 2.24) is 0 Å². The van der Waals surface area contributed by atoms with Gasteiger partial charge in [0.2, 0.25) is 0 Å². The van der Waals surface area contributed by atoms with E-state index in [2.05, 4.69) is 0 Å². The highest BCUT2D eigenvalue weighted by molar-refractivity contribution is 4.97. The summed E-state index contributed by atoms with van der Waals surface area (Å²) in [7, 11) is 0. The van der Waals surface area contributed by atoms with Gasteiger partial charge in [0.25, 0.3) is 0 Å². The van der Waals surface area contributed by atoms with Gasteiger partial charge in [-0.25, -0.2) is 0 Å². The number of hydrogen-bond acceptors (Lipinski definition) is 2. The molecule has 0 aromatic carbocycles. The van der Waals surface area contributed by atoms with Crippen molar-refractivity contribution in [3.63, 3.8) is 0 Å². The van der Waals surface area contributed by atoms with Gasteiger partial charge in [-0.05, 0) is 43.9 Å². The van der Waals surface area contributed by atoms with E-state index in [9.17, 15) is 26.3 Å². The van der Waals surface area contributed by atoms with E-state index >= 15 is 0 Å². The molecule has 4 atom stereocenters. The minimum atomic E-state index is -4.57. The Balaban J connectivity index is 2.27. The average Bonchev–Trinajstić information content (AvgIpc) is 2.36. The summed E-state index contributed by atoms with van der Waals surface area (Å²) in [5.41, 5.74) is 9.82. The molecule has 4 unspecified atom stereocenters. The van der Waals surface area contributed by atoms with Crippen molar-refractivity contribution in [3.8, 4) is 0 Å². The number of rotatable bonds is 1. The van der Waals surface area contributed by atoms with Crippen LogP contribution in [0.1, 0.15) is 44.9 Å². The maximum absolute atomic E-state index is 13.3. The van der Waals surface area contributed by atoms with Gasteiger partial charge in [-0.2, -0.15) is 26.3 Å². The molecule has 4 N–H and O–H groups in total. The molecule has 0 aliphatic heterocycles. The van der Waals surface area contributed by atoms with Crippen LogP contribution in [0.5, 0.6) is 0 Å². The minimum Gasteiger partial charge on any atom is -0.313 e. The summed E-state index contributed by atoms with van der Waals surface area (Å²) >= 11 is 0. The molecule has 0 heterocycles. The number of alkyl halides is 6. The van der Waals surface area contributed by atoms with E-state index in [-0.39, 0.29) is 25.7 Å². The lowest BCUT2D eigenvalue weighted by Gasteiger charge is -2.47. The Hall–Kier alpha value is -0.500. The summed E-state index contributed by atoms with van der Waals surface area (Å²) < 4.78 is 79.5. The third kappa shape index (κ3) is 3.88. The standard InChI is InChI=1S/C14H22F6N2/c15-13(16,17)10-4-2-1-3-8(10)9-5-6-12(21,22)7-11(9)14(18,19)20/h8-11H,1-7,21-22H2. The lowest BCUT2D eigenvalue weighted by Crippen LogP contribution is -2.58. The average molecular weight is 332 g/mol. The van der Waals surface area contributed by atoms with Crippen LogP contribution >= 0.6 is 0 Å². The first-order valence-electron chi connectivity index (χ1n) is 7.63. The van der Waals surface area contributed by atoms with Crippen molar-refractivity contribution in [2.45, 2.75) is 63.0 Å². The van der Waals surface area contributed by atoms with Crippen molar-refractivity contribution >= 4 is 0 Å². The molecule has 0 saturated heterocycles. The van der Waals surface area contributed by atoms with Gasteiger partial charge in [0.1, 0.15) is 0 Å². The molecular weight excluding hydrogens is 310 g/mol. The third-order valence-electron chi connectivity index (χ3n) is 5.27. The van der Waals surface area contributed by atoms with Crippen LogP contribution in [-0.4, -0.2) is 18.0 Å². The summed E-state index contributed by atoms with van der Waals surface area (Å²) in [4.78, 5) is 0. The molecule has 2 saturated carbocycles. The normalized spacial score (nSPS) is 37.1. The highest BCUT2D eigenvalue weighted by Gasteiger charge is 2.56. The fourth-order valence-electron chi connectivity index (χ4n) is 4.25. The first-order chi connectivity index (χ1) is 9.92. The molecule has 0 radical (unpaired) electrons. The maximum Gasteiger partial charge on any atom is 0.392 e. The Kier molecular flexibility index (Phi) is 4.75. The summed E-state index contributed by atoms with van der Waals surface area (Å²) in [6.07, 6.45) is -8.28. The predicted molar refractivity (Wildman–Crippen MR) is 69.5 cm³/mol. The smallest absolute Gasteiger partial charge is 0.313 e. The van der Waals surface area contributed by atoms with Crippen molar-refractivity contribution in [1.29, 1.82) is 0 Å². The molecule has 0 aromatic heterocycles. The van der Waals surface area contributed by atoms with Crippen LogP contribution in [0.25, 0.3) is 0 Å². The second-order valence-corrected chi connectivity index (χ2v) is 6.88. The molecule has 22 heavy (non-hydrogen) atoms. The predicted octanol–water partition coefficient (Wildman–Crippen LogP) is 3.95. The quantitative estimate of drug-likeness (QED) is 0.564. The van der Waals surface area contributed by atoms with Gasteiger partial charge >= 0.3 is 12.4 Å². The lowest BCUT2D eigenvalue weighted by molar-refractivity contribution is -0.236. The number of halogens is 6. The van der Waals surface area contributed by atoms with Crippen LogP contribution < -0.4 is 11.5 Å². The molecule has 130 valence electrons. The van der Waals surface area contributed by atoms with Gasteiger partial charge in [0.05, 0.1) is 17.5 Å². The van der Waals surface area contributed by atoms with Crippen molar-refractivity contribution in [3.05, 3.63) is 0 Å². The molecule has 0 amide bonds. The van der Waals surface area contributed by atoms with Gasteiger partial charge < -0.3 is 11.5 Å². The van der Waals surface area contributed by atoms with Crippen LogP contribution in [0, 0.1) is 23.7 Å². The van der Waals surface area contributed by atoms with Gasteiger partial charge in [-0.3, -0.25) is 0 Å². The molecular formula is C14H22F6N2. The van der Waals surface area contributed by atoms with Crippen LogP contribution in [0.4, 0.5) is 26.3 Å². The van der Waals surface area contributed by atoms with Crippen LogP contribution in [-0.2, 0) is 0 Å². The second kappa shape index (κ2) is 5.85. The van der Waals surface area contributed by atoms with E-state index in [0.29, 0.717) is 12.8 Å². The zero-order chi connectivity index (χ0) is 16.8. The summed E-state index contributed by atoms with van der Waals surface area (Å²) in [5, 5.41) is 0. The Labute approximate surface area is 125 Å². The summed E-state index contributed by atoms with van der Waals surface area (Å²) in [5.74, 6) is -5.49. The van der Waals surface area contributed by atoms with E-state index in [1.54, 1.807) is 0 Å². The fourth-order valence-corrected chi connectivity index (χ4v) is 4.25. The van der Waals surface area contributed by atoms with Crippen molar-refractivity contribution < 1.29 is 26.3 Å². The first-order valence-corrected chi connectivity index (χ1v) is 7.63. The van der Waals surface area contributed by atoms with Crippen LogP contribution in [0.2, 0.25) is 0 Å². The zero-order valence-electron chi connectivity index (χ0n) is 12.2. The molecule has 2 aliphatic rings. The Morgan fingerprint density at radius 3 is 1.77 bits per heavy atom. The molecule has 0 spiro atoms. The van der Waals surface area contributed by atoms with E-state index in [0.717, 1.165) is 0 Å². The molecule has 2 fully saturated rings. The topological polar surface area (TPSA) is 52.0 Å². The van der Waals surface area contributed by atoms with E-state index < -0.39 is 48.1 Å². The first kappa shape index (κ1) is 17.8. The highest BCUT2D eigenvalue weighted by atomic mass is 19.4.